The Hall–Kier alpha value is -3.10. The van der Waals surface area contributed by atoms with Crippen molar-refractivity contribution in [3.8, 4) is 0 Å². The van der Waals surface area contributed by atoms with Gasteiger partial charge in [0.15, 0.2) is 6.10 Å². The monoisotopic (exact) mass is 425 g/mol. The number of nitrogens with two attached hydrogens (primary N) is 1. The average molecular weight is 425 g/mol. The molecule has 2 saturated heterocycles. The van der Waals surface area contributed by atoms with E-state index in [0.717, 1.165) is 6.42 Å². The normalized spacial score (nSPS) is 23.4. The van der Waals surface area contributed by atoms with Gasteiger partial charge in [-0.05, 0) is 42.7 Å². The highest BCUT2D eigenvalue weighted by Gasteiger charge is 2.59. The van der Waals surface area contributed by atoms with Crippen molar-refractivity contribution in [2.45, 2.75) is 37.8 Å². The predicted molar refractivity (Wildman–Crippen MR) is 111 cm³/mol. The first kappa shape index (κ1) is 21.1. The number of amides is 3. The largest absolute Gasteiger partial charge is 0.370 e. The van der Waals surface area contributed by atoms with E-state index in [1.807, 2.05) is 6.07 Å². The zero-order valence-electron chi connectivity index (χ0n) is 16.9. The molecule has 0 bridgehead atoms. The molecule has 7 nitrogen and oxygen atoms in total. The molecule has 4 rings (SSSR count). The van der Waals surface area contributed by atoms with Gasteiger partial charge in [-0.15, -0.1) is 0 Å². The number of benzene rings is 2. The Kier molecular flexibility index (Phi) is 6.11. The first-order valence-electron chi connectivity index (χ1n) is 10.4. The van der Waals surface area contributed by atoms with Crippen LogP contribution < -0.4 is 10.6 Å². The van der Waals surface area contributed by atoms with Crippen molar-refractivity contribution in [2.24, 2.45) is 11.7 Å². The Morgan fingerprint density at radius 2 is 1.68 bits per heavy atom. The highest BCUT2D eigenvalue weighted by atomic mass is 19.1. The van der Waals surface area contributed by atoms with Gasteiger partial charge in [0.25, 0.3) is 5.91 Å². The number of carbonyl (C=O) groups excluding carboxylic acids is 3. The topological polar surface area (TPSA) is 92.9 Å². The molecular formula is C23H24FN3O4. The summed E-state index contributed by atoms with van der Waals surface area (Å²) in [7, 11) is 0. The predicted octanol–water partition coefficient (Wildman–Crippen LogP) is 2.72. The second kappa shape index (κ2) is 8.95. The van der Waals surface area contributed by atoms with Crippen LogP contribution in [0.3, 0.4) is 0 Å². The third-order valence-corrected chi connectivity index (χ3v) is 5.72. The first-order valence-corrected chi connectivity index (χ1v) is 10.4. The van der Waals surface area contributed by atoms with Crippen molar-refractivity contribution in [2.75, 3.05) is 11.4 Å². The molecule has 0 radical (unpaired) electrons. The van der Waals surface area contributed by atoms with Crippen molar-refractivity contribution < 1.29 is 23.6 Å². The van der Waals surface area contributed by atoms with E-state index in [0.29, 0.717) is 37.1 Å². The van der Waals surface area contributed by atoms with Crippen LogP contribution in [0.15, 0.2) is 54.6 Å². The number of unbranched alkanes of at least 4 members (excludes halogenated alkanes) is 2. The Bertz CT molecular complexity index is 967. The van der Waals surface area contributed by atoms with Crippen LogP contribution >= 0.6 is 0 Å². The fraction of sp³-hybridized carbons (Fsp3) is 0.348. The van der Waals surface area contributed by atoms with E-state index in [1.54, 1.807) is 41.5 Å². The zero-order valence-corrected chi connectivity index (χ0v) is 16.9. The quantitative estimate of drug-likeness (QED) is 0.519. The highest BCUT2D eigenvalue weighted by Crippen LogP contribution is 2.45. The van der Waals surface area contributed by atoms with Gasteiger partial charge in [-0.2, -0.15) is 5.06 Å². The van der Waals surface area contributed by atoms with E-state index in [9.17, 15) is 18.8 Å². The van der Waals surface area contributed by atoms with Crippen LogP contribution in [0.25, 0.3) is 0 Å². The number of hydrogen-bond acceptors (Lipinski definition) is 5. The van der Waals surface area contributed by atoms with Gasteiger partial charge in [-0.25, -0.2) is 9.29 Å². The Labute approximate surface area is 179 Å². The van der Waals surface area contributed by atoms with Gasteiger partial charge < -0.3 is 5.73 Å². The number of halogens is 1. The molecule has 2 aromatic rings. The lowest BCUT2D eigenvalue weighted by Gasteiger charge is -2.27. The molecule has 0 aromatic heterocycles. The smallest absolute Gasteiger partial charge is 0.265 e. The van der Waals surface area contributed by atoms with Crippen LogP contribution in [0.2, 0.25) is 0 Å². The molecule has 2 aliphatic heterocycles. The number of hydrogen-bond donors (Lipinski definition) is 1. The van der Waals surface area contributed by atoms with Gasteiger partial charge in [0, 0.05) is 13.0 Å². The minimum Gasteiger partial charge on any atom is -0.370 e. The average Bonchev–Trinajstić information content (AvgIpc) is 3.24. The standard InChI is InChI=1S/C23H24FN3O4/c24-16-12-10-15(11-13-16)20-19-21(31-26(20)14-6-2-5-9-18(25)28)23(30)27(22(19)29)17-7-3-1-4-8-17/h1,3-4,7-8,10-13,19-21H,2,5-6,9,14H2,(H2,25,28). The van der Waals surface area contributed by atoms with Gasteiger partial charge >= 0.3 is 0 Å². The maximum atomic E-state index is 13.5. The van der Waals surface area contributed by atoms with Crippen molar-refractivity contribution in [3.63, 3.8) is 0 Å². The summed E-state index contributed by atoms with van der Waals surface area (Å²) in [6, 6.07) is 14.2. The molecule has 2 fully saturated rings. The number of rotatable bonds is 8. The summed E-state index contributed by atoms with van der Waals surface area (Å²) in [5.74, 6) is -2.16. The maximum Gasteiger partial charge on any atom is 0.265 e. The van der Waals surface area contributed by atoms with Crippen LogP contribution in [0.4, 0.5) is 10.1 Å². The Morgan fingerprint density at radius 1 is 0.968 bits per heavy atom. The minimum atomic E-state index is -0.923. The van der Waals surface area contributed by atoms with Crippen LogP contribution in [0.5, 0.6) is 0 Å². The van der Waals surface area contributed by atoms with E-state index in [-0.39, 0.29) is 17.6 Å². The summed E-state index contributed by atoms with van der Waals surface area (Å²) in [6.07, 6.45) is 1.52. The van der Waals surface area contributed by atoms with E-state index in [1.165, 1.54) is 17.0 Å². The van der Waals surface area contributed by atoms with Gasteiger partial charge in [-0.3, -0.25) is 19.2 Å². The fourth-order valence-electron chi connectivity index (χ4n) is 4.27. The summed E-state index contributed by atoms with van der Waals surface area (Å²) in [5, 5.41) is 1.66. The second-order valence-corrected chi connectivity index (χ2v) is 7.81. The molecule has 3 unspecified atom stereocenters. The summed E-state index contributed by atoms with van der Waals surface area (Å²) in [4.78, 5) is 44.5. The molecule has 0 aliphatic carbocycles. The van der Waals surface area contributed by atoms with E-state index < -0.39 is 24.0 Å². The van der Waals surface area contributed by atoms with Crippen molar-refractivity contribution >= 4 is 23.4 Å². The molecule has 2 N–H and O–H groups in total. The van der Waals surface area contributed by atoms with Crippen molar-refractivity contribution in [1.82, 2.24) is 5.06 Å². The number of primary amides is 1. The molecule has 3 atom stereocenters. The lowest BCUT2D eigenvalue weighted by atomic mass is 9.90. The van der Waals surface area contributed by atoms with Crippen molar-refractivity contribution in [1.29, 1.82) is 0 Å². The Morgan fingerprint density at radius 3 is 2.35 bits per heavy atom. The molecule has 3 amide bonds. The molecule has 2 heterocycles. The number of imide groups is 1. The summed E-state index contributed by atoms with van der Waals surface area (Å²) in [5.41, 5.74) is 6.39. The third-order valence-electron chi connectivity index (χ3n) is 5.72. The lowest BCUT2D eigenvalue weighted by Crippen LogP contribution is -2.37. The van der Waals surface area contributed by atoms with E-state index in [4.69, 9.17) is 10.6 Å². The van der Waals surface area contributed by atoms with Crippen molar-refractivity contribution in [3.05, 3.63) is 66.0 Å². The molecular weight excluding hydrogens is 401 g/mol. The third kappa shape index (κ3) is 4.22. The van der Waals surface area contributed by atoms with E-state index in [2.05, 4.69) is 0 Å². The molecule has 8 heteroatoms. The van der Waals surface area contributed by atoms with Gasteiger partial charge in [0.1, 0.15) is 5.82 Å². The lowest BCUT2D eigenvalue weighted by molar-refractivity contribution is -0.172. The number of carbonyl (C=O) groups is 3. The number of fused-ring (bicyclic) bond motifs is 1. The Balaban J connectivity index is 1.57. The molecule has 0 saturated carbocycles. The molecule has 162 valence electrons. The molecule has 2 aliphatic rings. The van der Waals surface area contributed by atoms with Gasteiger partial charge in [-0.1, -0.05) is 36.8 Å². The first-order chi connectivity index (χ1) is 15.0. The number of anilines is 1. The van der Waals surface area contributed by atoms with Crippen LogP contribution in [-0.4, -0.2) is 35.4 Å². The number of nitrogens with zero attached hydrogens (tertiary/aromatic N) is 2. The van der Waals surface area contributed by atoms with Crippen LogP contribution in [0, 0.1) is 11.7 Å². The maximum absolute atomic E-state index is 13.5. The minimum absolute atomic E-state index is 0.316. The SMILES string of the molecule is NC(=O)CCCCCN1OC2C(=O)N(c3ccccc3)C(=O)C2C1c1ccc(F)cc1. The van der Waals surface area contributed by atoms with Crippen LogP contribution in [-0.2, 0) is 19.2 Å². The zero-order chi connectivity index (χ0) is 22.0. The molecule has 2 aromatic carbocycles. The summed E-state index contributed by atoms with van der Waals surface area (Å²) in [6.45, 7) is 0.472. The van der Waals surface area contributed by atoms with Crippen LogP contribution in [0.1, 0.15) is 37.3 Å². The number of para-hydroxylation sites is 1. The van der Waals surface area contributed by atoms with Gasteiger partial charge in [0.2, 0.25) is 11.8 Å². The number of hydroxylamine groups is 2. The second-order valence-electron chi connectivity index (χ2n) is 7.81. The molecule has 0 spiro atoms. The summed E-state index contributed by atoms with van der Waals surface area (Å²) >= 11 is 0. The van der Waals surface area contributed by atoms with Gasteiger partial charge in [0.05, 0.1) is 17.6 Å². The van der Waals surface area contributed by atoms with E-state index >= 15 is 0 Å². The fourth-order valence-corrected chi connectivity index (χ4v) is 4.27. The molecule has 31 heavy (non-hydrogen) atoms. The highest BCUT2D eigenvalue weighted by molar-refractivity contribution is 6.23. The summed E-state index contributed by atoms with van der Waals surface area (Å²) < 4.78 is 13.5.